The molecule has 4 heteroatoms. The summed E-state index contributed by atoms with van der Waals surface area (Å²) >= 11 is 0. The average Bonchev–Trinajstić information content (AvgIpc) is 2.72. The summed E-state index contributed by atoms with van der Waals surface area (Å²) in [4.78, 5) is 12.5. The molecule has 1 aliphatic rings. The first-order valence-electron chi connectivity index (χ1n) is 9.63. The molecule has 1 aliphatic heterocycles. The summed E-state index contributed by atoms with van der Waals surface area (Å²) in [5, 5.41) is 10.9. The van der Waals surface area contributed by atoms with Gasteiger partial charge in [-0.2, -0.15) is 0 Å². The summed E-state index contributed by atoms with van der Waals surface area (Å²) < 4.78 is 11.1. The summed E-state index contributed by atoms with van der Waals surface area (Å²) in [5.41, 5.74) is 2.18. The van der Waals surface area contributed by atoms with Crippen LogP contribution in [0.1, 0.15) is 49.5 Å². The van der Waals surface area contributed by atoms with Gasteiger partial charge in [0.2, 0.25) is 0 Å². The van der Waals surface area contributed by atoms with E-state index < -0.39 is 11.5 Å². The van der Waals surface area contributed by atoms with E-state index in [2.05, 4.69) is 12.1 Å². The van der Waals surface area contributed by atoms with E-state index in [0.717, 1.165) is 17.5 Å². The molecule has 0 saturated heterocycles. The van der Waals surface area contributed by atoms with Gasteiger partial charge in [0, 0.05) is 11.5 Å². The molecule has 0 saturated carbocycles. The minimum Gasteiger partial charge on any atom is -0.493 e. The second-order valence-electron chi connectivity index (χ2n) is 7.24. The zero-order valence-electron chi connectivity index (χ0n) is 16.3. The van der Waals surface area contributed by atoms with Crippen molar-refractivity contribution in [3.8, 4) is 5.75 Å². The molecular formula is C23H28O4. The van der Waals surface area contributed by atoms with Crippen molar-refractivity contribution >= 4 is 5.97 Å². The lowest BCUT2D eigenvalue weighted by Gasteiger charge is -2.33. The minimum absolute atomic E-state index is 0.00784. The van der Waals surface area contributed by atoms with Crippen LogP contribution in [-0.2, 0) is 21.4 Å². The Balaban J connectivity index is 1.88. The van der Waals surface area contributed by atoms with E-state index in [1.54, 1.807) is 0 Å². The van der Waals surface area contributed by atoms with Gasteiger partial charge in [0.1, 0.15) is 5.75 Å². The molecule has 2 unspecified atom stereocenters. The fourth-order valence-electron chi connectivity index (χ4n) is 4.09. The second-order valence-corrected chi connectivity index (χ2v) is 7.24. The second kappa shape index (κ2) is 8.13. The number of esters is 1. The number of fused-ring (bicyclic) bond motifs is 1. The Morgan fingerprint density at radius 3 is 2.52 bits per heavy atom. The molecule has 0 amide bonds. The van der Waals surface area contributed by atoms with E-state index in [4.69, 9.17) is 9.47 Å². The van der Waals surface area contributed by atoms with Gasteiger partial charge in [0.15, 0.2) is 0 Å². The third-order valence-corrected chi connectivity index (χ3v) is 5.91. The van der Waals surface area contributed by atoms with E-state index in [-0.39, 0.29) is 11.9 Å². The summed E-state index contributed by atoms with van der Waals surface area (Å²) in [7, 11) is 1.43. The quantitative estimate of drug-likeness (QED) is 0.777. The first-order chi connectivity index (χ1) is 13.1. The number of rotatable bonds is 6. The van der Waals surface area contributed by atoms with Gasteiger partial charge >= 0.3 is 5.97 Å². The standard InChI is InChI=1S/C23H28O4/c1-4-23(5-2,22(25)26-3)18-11-12-19-20(14-18)27-15-17(21(19)24)13-16-9-7-6-8-10-16/h6-12,14,17,21,24H,4-5,13,15H2,1-3H3. The number of methoxy groups -OCH3 is 1. The first kappa shape index (κ1) is 19.4. The molecule has 0 spiro atoms. The summed E-state index contributed by atoms with van der Waals surface area (Å²) in [6.07, 6.45) is 1.47. The average molecular weight is 368 g/mol. The molecule has 0 fully saturated rings. The minimum atomic E-state index is -0.682. The number of aliphatic hydroxyl groups is 1. The predicted molar refractivity (Wildman–Crippen MR) is 105 cm³/mol. The van der Waals surface area contributed by atoms with Crippen molar-refractivity contribution in [3.05, 3.63) is 65.2 Å². The number of aliphatic hydroxyl groups excluding tert-OH is 1. The molecule has 2 atom stereocenters. The molecule has 144 valence electrons. The van der Waals surface area contributed by atoms with E-state index >= 15 is 0 Å². The van der Waals surface area contributed by atoms with Gasteiger partial charge in [-0.25, -0.2) is 0 Å². The first-order valence-corrected chi connectivity index (χ1v) is 9.63. The highest BCUT2D eigenvalue weighted by Gasteiger charge is 2.39. The van der Waals surface area contributed by atoms with Crippen molar-refractivity contribution in [3.63, 3.8) is 0 Å². The molecule has 0 radical (unpaired) electrons. The summed E-state index contributed by atoms with van der Waals surface area (Å²) in [5.74, 6) is 0.443. The van der Waals surface area contributed by atoms with Crippen LogP contribution in [0.5, 0.6) is 5.75 Å². The molecule has 3 rings (SSSR count). The van der Waals surface area contributed by atoms with Gasteiger partial charge in [-0.1, -0.05) is 56.3 Å². The molecule has 1 N–H and O–H groups in total. The smallest absolute Gasteiger partial charge is 0.316 e. The number of ether oxygens (including phenoxy) is 2. The highest BCUT2D eigenvalue weighted by molar-refractivity contribution is 5.83. The lowest BCUT2D eigenvalue weighted by molar-refractivity contribution is -0.148. The Kier molecular flexibility index (Phi) is 5.85. The molecule has 4 nitrogen and oxygen atoms in total. The normalized spacial score (nSPS) is 19.1. The number of hydrogen-bond donors (Lipinski definition) is 1. The van der Waals surface area contributed by atoms with Gasteiger partial charge in [-0.3, -0.25) is 4.79 Å². The lowest BCUT2D eigenvalue weighted by atomic mass is 9.75. The SMILES string of the molecule is CCC(CC)(C(=O)OC)c1ccc2c(c1)OCC(Cc1ccccc1)C2O. The van der Waals surface area contributed by atoms with Crippen molar-refractivity contribution in [1.82, 2.24) is 0 Å². The van der Waals surface area contributed by atoms with Crippen LogP contribution in [0.25, 0.3) is 0 Å². The number of benzene rings is 2. The predicted octanol–water partition coefficient (Wildman–Crippen LogP) is 4.20. The number of hydrogen-bond acceptors (Lipinski definition) is 4. The van der Waals surface area contributed by atoms with Crippen LogP contribution in [-0.4, -0.2) is 24.8 Å². The fraction of sp³-hybridized carbons (Fsp3) is 0.435. The van der Waals surface area contributed by atoms with Gasteiger partial charge < -0.3 is 14.6 Å². The Morgan fingerprint density at radius 2 is 1.89 bits per heavy atom. The van der Waals surface area contributed by atoms with Crippen LogP contribution >= 0.6 is 0 Å². The van der Waals surface area contributed by atoms with Gasteiger partial charge in [-0.05, 0) is 36.5 Å². The van der Waals surface area contributed by atoms with Gasteiger partial charge in [-0.15, -0.1) is 0 Å². The zero-order valence-corrected chi connectivity index (χ0v) is 16.3. The van der Waals surface area contributed by atoms with E-state index in [1.807, 2.05) is 50.2 Å². The van der Waals surface area contributed by atoms with Crippen LogP contribution in [0, 0.1) is 5.92 Å². The van der Waals surface area contributed by atoms with Crippen molar-refractivity contribution < 1.29 is 19.4 Å². The Bertz CT molecular complexity index is 780. The van der Waals surface area contributed by atoms with Crippen molar-refractivity contribution in [2.75, 3.05) is 13.7 Å². The van der Waals surface area contributed by atoms with Crippen molar-refractivity contribution in [2.24, 2.45) is 5.92 Å². The molecule has 0 aromatic heterocycles. The van der Waals surface area contributed by atoms with Gasteiger partial charge in [0.25, 0.3) is 0 Å². The largest absolute Gasteiger partial charge is 0.493 e. The molecular weight excluding hydrogens is 340 g/mol. The third-order valence-electron chi connectivity index (χ3n) is 5.91. The Hall–Kier alpha value is -2.33. The maximum atomic E-state index is 12.5. The van der Waals surface area contributed by atoms with Gasteiger partial charge in [0.05, 0.1) is 25.2 Å². The van der Waals surface area contributed by atoms with Crippen LogP contribution in [0.4, 0.5) is 0 Å². The third kappa shape index (κ3) is 3.59. The van der Waals surface area contributed by atoms with Crippen LogP contribution in [0.2, 0.25) is 0 Å². The van der Waals surface area contributed by atoms with E-state index in [0.29, 0.717) is 25.2 Å². The van der Waals surface area contributed by atoms with Crippen LogP contribution in [0.15, 0.2) is 48.5 Å². The van der Waals surface area contributed by atoms with Crippen molar-refractivity contribution in [1.29, 1.82) is 0 Å². The van der Waals surface area contributed by atoms with Crippen molar-refractivity contribution in [2.45, 2.75) is 44.6 Å². The summed E-state index contributed by atoms with van der Waals surface area (Å²) in [6, 6.07) is 15.9. The highest BCUT2D eigenvalue weighted by Crippen LogP contribution is 2.41. The monoisotopic (exact) mass is 368 g/mol. The number of carbonyl (C=O) groups excluding carboxylic acids is 1. The zero-order chi connectivity index (χ0) is 19.4. The lowest BCUT2D eigenvalue weighted by Crippen LogP contribution is -2.36. The maximum absolute atomic E-state index is 12.5. The molecule has 2 aromatic carbocycles. The maximum Gasteiger partial charge on any atom is 0.316 e. The molecule has 2 aromatic rings. The van der Waals surface area contributed by atoms with E-state index in [9.17, 15) is 9.90 Å². The molecule has 0 bridgehead atoms. The fourth-order valence-corrected chi connectivity index (χ4v) is 4.09. The van der Waals surface area contributed by atoms with Crippen LogP contribution < -0.4 is 4.74 Å². The number of carbonyl (C=O) groups is 1. The van der Waals surface area contributed by atoms with Crippen LogP contribution in [0.3, 0.4) is 0 Å². The highest BCUT2D eigenvalue weighted by atomic mass is 16.5. The molecule has 27 heavy (non-hydrogen) atoms. The Morgan fingerprint density at radius 1 is 1.19 bits per heavy atom. The topological polar surface area (TPSA) is 55.8 Å². The molecule has 0 aliphatic carbocycles. The summed E-state index contributed by atoms with van der Waals surface area (Å²) in [6.45, 7) is 4.44. The van der Waals surface area contributed by atoms with E-state index in [1.165, 1.54) is 12.7 Å². The Labute approximate surface area is 161 Å². The molecule has 1 heterocycles.